The van der Waals surface area contributed by atoms with Crippen LogP contribution in [0.3, 0.4) is 0 Å². The molecule has 1 aromatic rings. The topological polar surface area (TPSA) is 106 Å². The second kappa shape index (κ2) is 5.87. The van der Waals surface area contributed by atoms with Gasteiger partial charge >= 0.3 is 5.91 Å². The fraction of sp³-hybridized carbons (Fsp3) is 0.462. The number of rotatable bonds is 3. The van der Waals surface area contributed by atoms with Gasteiger partial charge in [0, 0.05) is 18.4 Å². The number of carbonyl (C=O) groups is 3. The van der Waals surface area contributed by atoms with Crippen LogP contribution in [-0.2, 0) is 16.1 Å². The molecule has 7 heteroatoms. The molecule has 1 aliphatic rings. The summed E-state index contributed by atoms with van der Waals surface area (Å²) in [5, 5.41) is 0. The molecule has 3 amide bonds. The number of hydrazine groups is 1. The Balaban J connectivity index is 2.20. The van der Waals surface area contributed by atoms with Gasteiger partial charge in [-0.2, -0.15) is 0 Å². The highest BCUT2D eigenvalue weighted by atomic mass is 16.4. The number of likely N-dealkylation sites (tertiary alicyclic amines) is 1. The molecule has 0 unspecified atom stereocenters. The minimum absolute atomic E-state index is 0.0646. The lowest BCUT2D eigenvalue weighted by atomic mass is 10.2. The molecule has 2 rings (SSSR count). The minimum atomic E-state index is -0.548. The van der Waals surface area contributed by atoms with Gasteiger partial charge in [-0.25, -0.2) is 5.84 Å². The molecule has 1 saturated heterocycles. The van der Waals surface area contributed by atoms with Crippen molar-refractivity contribution < 1.29 is 18.8 Å². The molecule has 0 atom stereocenters. The molecule has 0 radical (unpaired) electrons. The van der Waals surface area contributed by atoms with E-state index in [2.05, 4.69) is 0 Å². The fourth-order valence-corrected chi connectivity index (χ4v) is 2.17. The van der Waals surface area contributed by atoms with Crippen LogP contribution in [0.25, 0.3) is 0 Å². The highest BCUT2D eigenvalue weighted by molar-refractivity contribution is 5.96. The van der Waals surface area contributed by atoms with Crippen molar-refractivity contribution in [1.29, 1.82) is 0 Å². The summed E-state index contributed by atoms with van der Waals surface area (Å²) >= 11 is 0. The number of hydrogen-bond acceptors (Lipinski definition) is 5. The zero-order valence-corrected chi connectivity index (χ0v) is 11.3. The lowest BCUT2D eigenvalue weighted by Gasteiger charge is -2.17. The quantitative estimate of drug-likeness (QED) is 0.365. The number of nitrogen functional groups attached to an aromatic ring is 1. The van der Waals surface area contributed by atoms with Crippen molar-refractivity contribution in [1.82, 2.24) is 10.3 Å². The summed E-state index contributed by atoms with van der Waals surface area (Å²) in [5.41, 5.74) is 2.60. The minimum Gasteiger partial charge on any atom is -0.456 e. The molecule has 108 valence electrons. The van der Waals surface area contributed by atoms with Gasteiger partial charge in [0.1, 0.15) is 5.76 Å². The van der Waals surface area contributed by atoms with E-state index in [-0.39, 0.29) is 24.1 Å². The molecule has 7 nitrogen and oxygen atoms in total. The van der Waals surface area contributed by atoms with Gasteiger partial charge in [0.15, 0.2) is 5.76 Å². The third-order valence-corrected chi connectivity index (χ3v) is 3.34. The molecule has 1 aliphatic heterocycles. The van der Waals surface area contributed by atoms with Gasteiger partial charge in [-0.1, -0.05) is 0 Å². The average molecular weight is 279 g/mol. The van der Waals surface area contributed by atoms with Gasteiger partial charge in [0.05, 0.1) is 6.54 Å². The zero-order valence-electron chi connectivity index (χ0n) is 11.3. The summed E-state index contributed by atoms with van der Waals surface area (Å²) in [7, 11) is 0. The largest absolute Gasteiger partial charge is 0.456 e. The number of nitrogens with one attached hydrogen (secondary N) is 1. The first-order valence-electron chi connectivity index (χ1n) is 6.46. The molecular weight excluding hydrogens is 262 g/mol. The van der Waals surface area contributed by atoms with Gasteiger partial charge < -0.3 is 4.42 Å². The van der Waals surface area contributed by atoms with Gasteiger partial charge in [-0.05, 0) is 25.8 Å². The molecule has 0 bridgehead atoms. The Morgan fingerprint density at radius 3 is 2.50 bits per heavy atom. The zero-order chi connectivity index (χ0) is 14.7. The summed E-state index contributed by atoms with van der Waals surface area (Å²) < 4.78 is 5.27. The lowest BCUT2D eigenvalue weighted by molar-refractivity contribution is -0.144. The Bertz CT molecular complexity index is 532. The van der Waals surface area contributed by atoms with Crippen LogP contribution >= 0.6 is 0 Å². The van der Waals surface area contributed by atoms with E-state index >= 15 is 0 Å². The van der Waals surface area contributed by atoms with Crippen LogP contribution < -0.4 is 11.3 Å². The maximum Gasteiger partial charge on any atom is 0.300 e. The molecule has 3 N–H and O–H groups in total. The molecule has 0 spiro atoms. The molecule has 1 fully saturated rings. The first-order chi connectivity index (χ1) is 9.52. The SMILES string of the molecule is Cc1oc(C(=O)NN)cc1CN1C(=O)CCCCC1=O. The highest BCUT2D eigenvalue weighted by Crippen LogP contribution is 2.20. The van der Waals surface area contributed by atoms with Crippen LogP contribution in [-0.4, -0.2) is 22.6 Å². The maximum atomic E-state index is 11.9. The summed E-state index contributed by atoms with van der Waals surface area (Å²) in [6.07, 6.45) is 2.20. The standard InChI is InChI=1S/C13H17N3O4/c1-8-9(6-10(20-8)13(19)15-14)7-16-11(17)4-2-3-5-12(16)18/h6H,2-5,7,14H2,1H3,(H,15,19). The molecule has 0 aliphatic carbocycles. The van der Waals surface area contributed by atoms with Crippen LogP contribution in [0.4, 0.5) is 0 Å². The predicted molar refractivity (Wildman–Crippen MR) is 69.1 cm³/mol. The van der Waals surface area contributed by atoms with E-state index in [1.54, 1.807) is 6.92 Å². The smallest absolute Gasteiger partial charge is 0.300 e. The second-order valence-corrected chi connectivity index (χ2v) is 4.75. The Morgan fingerprint density at radius 2 is 1.95 bits per heavy atom. The van der Waals surface area contributed by atoms with Crippen molar-refractivity contribution in [3.8, 4) is 0 Å². The number of carbonyl (C=O) groups excluding carboxylic acids is 3. The summed E-state index contributed by atoms with van der Waals surface area (Å²) in [5.74, 6) is 4.68. The van der Waals surface area contributed by atoms with Crippen LogP contribution in [0.15, 0.2) is 10.5 Å². The van der Waals surface area contributed by atoms with Gasteiger partial charge in [0.2, 0.25) is 11.8 Å². The number of furan rings is 1. The maximum absolute atomic E-state index is 11.9. The second-order valence-electron chi connectivity index (χ2n) is 4.75. The number of nitrogens with two attached hydrogens (primary N) is 1. The Morgan fingerprint density at radius 1 is 1.35 bits per heavy atom. The van der Waals surface area contributed by atoms with Crippen LogP contribution in [0.5, 0.6) is 0 Å². The summed E-state index contributed by atoms with van der Waals surface area (Å²) in [6.45, 7) is 1.81. The molecule has 2 heterocycles. The average Bonchev–Trinajstić information content (AvgIpc) is 2.72. The van der Waals surface area contributed by atoms with Crippen LogP contribution in [0.1, 0.15) is 47.6 Å². The van der Waals surface area contributed by atoms with E-state index in [4.69, 9.17) is 10.3 Å². The third-order valence-electron chi connectivity index (χ3n) is 3.34. The van der Waals surface area contributed by atoms with Crippen molar-refractivity contribution in [2.45, 2.75) is 39.2 Å². The first kappa shape index (κ1) is 14.3. The van der Waals surface area contributed by atoms with Gasteiger partial charge in [-0.15, -0.1) is 0 Å². The van der Waals surface area contributed by atoms with E-state index in [1.165, 1.54) is 11.0 Å². The fourth-order valence-electron chi connectivity index (χ4n) is 2.17. The predicted octanol–water partition coefficient (Wildman–Crippen LogP) is 0.621. The Hall–Kier alpha value is -2.15. The molecular formula is C13H17N3O4. The molecule has 0 saturated carbocycles. The Labute approximate surface area is 116 Å². The van der Waals surface area contributed by atoms with E-state index in [0.717, 1.165) is 12.8 Å². The summed E-state index contributed by atoms with van der Waals surface area (Å²) in [6, 6.07) is 1.50. The van der Waals surface area contributed by atoms with Crippen molar-refractivity contribution in [2.75, 3.05) is 0 Å². The molecule has 1 aromatic heterocycles. The first-order valence-corrected chi connectivity index (χ1v) is 6.46. The van der Waals surface area contributed by atoms with Crippen molar-refractivity contribution in [3.63, 3.8) is 0 Å². The number of amides is 3. The van der Waals surface area contributed by atoms with E-state index < -0.39 is 5.91 Å². The monoisotopic (exact) mass is 279 g/mol. The molecule has 20 heavy (non-hydrogen) atoms. The summed E-state index contributed by atoms with van der Waals surface area (Å²) in [4.78, 5) is 36.4. The lowest BCUT2D eigenvalue weighted by Crippen LogP contribution is -2.34. The van der Waals surface area contributed by atoms with Gasteiger partial charge in [-0.3, -0.25) is 24.7 Å². The third kappa shape index (κ3) is 2.88. The van der Waals surface area contributed by atoms with Crippen LogP contribution in [0, 0.1) is 6.92 Å². The normalized spacial score (nSPS) is 16.2. The molecule has 0 aromatic carbocycles. The number of nitrogens with zero attached hydrogens (tertiary/aromatic N) is 1. The van der Waals surface area contributed by atoms with Gasteiger partial charge in [0.25, 0.3) is 0 Å². The highest BCUT2D eigenvalue weighted by Gasteiger charge is 2.26. The Kier molecular flexibility index (Phi) is 4.19. The number of hydrogen-bond donors (Lipinski definition) is 2. The van der Waals surface area contributed by atoms with Crippen molar-refractivity contribution >= 4 is 17.7 Å². The van der Waals surface area contributed by atoms with Crippen molar-refractivity contribution in [2.24, 2.45) is 5.84 Å². The van der Waals surface area contributed by atoms with Crippen LogP contribution in [0.2, 0.25) is 0 Å². The van der Waals surface area contributed by atoms with E-state index in [1.807, 2.05) is 5.43 Å². The van der Waals surface area contributed by atoms with Crippen molar-refractivity contribution in [3.05, 3.63) is 23.2 Å². The van der Waals surface area contributed by atoms with E-state index in [0.29, 0.717) is 24.2 Å². The number of aryl methyl sites for hydroxylation is 1. The number of imide groups is 1. The van der Waals surface area contributed by atoms with E-state index in [9.17, 15) is 14.4 Å².